The van der Waals surface area contributed by atoms with Crippen molar-refractivity contribution in [1.82, 2.24) is 5.32 Å². The lowest BCUT2D eigenvalue weighted by molar-refractivity contribution is -0.124. The molecule has 2 saturated carbocycles. The Kier molecular flexibility index (Phi) is 3.56. The van der Waals surface area contributed by atoms with E-state index in [0.717, 1.165) is 5.56 Å². The summed E-state index contributed by atoms with van der Waals surface area (Å²) in [6.45, 7) is 0.00267. The quantitative estimate of drug-likeness (QED) is 0.846. The number of aliphatic hydroxyl groups is 1. The fourth-order valence-electron chi connectivity index (χ4n) is 3.57. The van der Waals surface area contributed by atoms with Gasteiger partial charge in [-0.3, -0.25) is 4.79 Å². The Morgan fingerprint density at radius 3 is 2.58 bits per heavy atom. The molecule has 2 fully saturated rings. The Bertz CT molecular complexity index is 435. The minimum Gasteiger partial charge on any atom is -0.394 e. The molecule has 1 aromatic carbocycles. The molecular weight excluding hydrogens is 238 g/mol. The molecule has 2 aliphatic carbocycles. The standard InChI is InChI=1S/C16H21NO2/c18-10-12(9-11-5-2-1-3-6-11)17-16(19)15-13-7-4-8-14(13)15/h1-3,5-6,12-15,18H,4,7-10H2,(H,17,19). The van der Waals surface area contributed by atoms with Gasteiger partial charge in [0.25, 0.3) is 0 Å². The summed E-state index contributed by atoms with van der Waals surface area (Å²) in [5, 5.41) is 12.4. The van der Waals surface area contributed by atoms with Gasteiger partial charge in [0.2, 0.25) is 5.91 Å². The molecule has 0 bridgehead atoms. The van der Waals surface area contributed by atoms with Crippen LogP contribution >= 0.6 is 0 Å². The molecule has 0 aromatic heterocycles. The predicted octanol–water partition coefficient (Wildman–Crippen LogP) is 1.75. The van der Waals surface area contributed by atoms with Gasteiger partial charge in [0.15, 0.2) is 0 Å². The van der Waals surface area contributed by atoms with Gasteiger partial charge in [0.05, 0.1) is 12.6 Å². The number of aliphatic hydroxyl groups excluding tert-OH is 1. The molecule has 0 spiro atoms. The third-order valence-electron chi connectivity index (χ3n) is 4.60. The van der Waals surface area contributed by atoms with Crippen LogP contribution in [0.25, 0.3) is 0 Å². The summed E-state index contributed by atoms with van der Waals surface area (Å²) in [7, 11) is 0. The summed E-state index contributed by atoms with van der Waals surface area (Å²) < 4.78 is 0. The number of benzene rings is 1. The predicted molar refractivity (Wildman–Crippen MR) is 73.5 cm³/mol. The maximum Gasteiger partial charge on any atom is 0.223 e. The van der Waals surface area contributed by atoms with Crippen molar-refractivity contribution >= 4 is 5.91 Å². The third kappa shape index (κ3) is 2.66. The van der Waals surface area contributed by atoms with Crippen LogP contribution in [0, 0.1) is 17.8 Å². The van der Waals surface area contributed by atoms with Crippen molar-refractivity contribution in [3.63, 3.8) is 0 Å². The normalized spacial score (nSPS) is 29.6. The summed E-state index contributed by atoms with van der Waals surface area (Å²) in [4.78, 5) is 12.2. The summed E-state index contributed by atoms with van der Waals surface area (Å²) >= 11 is 0. The van der Waals surface area contributed by atoms with E-state index in [0.29, 0.717) is 18.3 Å². The SMILES string of the molecule is O=C(NC(CO)Cc1ccccc1)C1C2CCCC21. The highest BCUT2D eigenvalue weighted by Crippen LogP contribution is 2.57. The molecule has 102 valence electrons. The number of amides is 1. The zero-order valence-corrected chi connectivity index (χ0v) is 11.1. The van der Waals surface area contributed by atoms with Gasteiger partial charge in [-0.1, -0.05) is 36.8 Å². The van der Waals surface area contributed by atoms with Gasteiger partial charge in [0, 0.05) is 5.92 Å². The Morgan fingerprint density at radius 1 is 1.26 bits per heavy atom. The second kappa shape index (κ2) is 5.33. The highest BCUT2D eigenvalue weighted by Gasteiger charge is 2.56. The lowest BCUT2D eigenvalue weighted by Crippen LogP contribution is -2.40. The first kappa shape index (κ1) is 12.7. The Balaban J connectivity index is 1.54. The molecule has 0 aliphatic heterocycles. The van der Waals surface area contributed by atoms with E-state index in [4.69, 9.17) is 0 Å². The van der Waals surface area contributed by atoms with Crippen LogP contribution in [-0.2, 0) is 11.2 Å². The van der Waals surface area contributed by atoms with E-state index in [-0.39, 0.29) is 24.5 Å². The molecule has 0 saturated heterocycles. The molecule has 2 N–H and O–H groups in total. The van der Waals surface area contributed by atoms with Crippen molar-refractivity contribution in [1.29, 1.82) is 0 Å². The van der Waals surface area contributed by atoms with Crippen LogP contribution in [0.2, 0.25) is 0 Å². The fourth-order valence-corrected chi connectivity index (χ4v) is 3.57. The summed E-state index contributed by atoms with van der Waals surface area (Å²) in [6, 6.07) is 9.84. The van der Waals surface area contributed by atoms with Crippen molar-refractivity contribution in [2.24, 2.45) is 17.8 Å². The molecule has 3 heteroatoms. The molecule has 2 aliphatic rings. The number of hydrogen-bond acceptors (Lipinski definition) is 2. The minimum atomic E-state index is -0.156. The zero-order chi connectivity index (χ0) is 13.2. The second-order valence-electron chi connectivity index (χ2n) is 5.86. The van der Waals surface area contributed by atoms with Crippen LogP contribution in [0.4, 0.5) is 0 Å². The van der Waals surface area contributed by atoms with Crippen LogP contribution in [0.1, 0.15) is 24.8 Å². The van der Waals surface area contributed by atoms with Gasteiger partial charge in [-0.15, -0.1) is 0 Å². The lowest BCUT2D eigenvalue weighted by Gasteiger charge is -2.17. The number of carbonyl (C=O) groups excluding carboxylic acids is 1. The molecule has 0 radical (unpaired) electrons. The monoisotopic (exact) mass is 259 g/mol. The van der Waals surface area contributed by atoms with Crippen molar-refractivity contribution in [3.05, 3.63) is 35.9 Å². The largest absolute Gasteiger partial charge is 0.394 e. The maximum atomic E-state index is 12.2. The van der Waals surface area contributed by atoms with E-state index in [2.05, 4.69) is 5.32 Å². The second-order valence-corrected chi connectivity index (χ2v) is 5.86. The van der Waals surface area contributed by atoms with Gasteiger partial charge in [-0.05, 0) is 36.7 Å². The lowest BCUT2D eigenvalue weighted by atomic mass is 10.1. The number of nitrogens with one attached hydrogen (secondary N) is 1. The summed E-state index contributed by atoms with van der Waals surface area (Å²) in [5.41, 5.74) is 1.15. The van der Waals surface area contributed by atoms with Gasteiger partial charge >= 0.3 is 0 Å². The summed E-state index contributed by atoms with van der Waals surface area (Å²) in [5.74, 6) is 1.66. The van der Waals surface area contributed by atoms with Crippen LogP contribution in [-0.4, -0.2) is 23.7 Å². The molecule has 1 aromatic rings. The topological polar surface area (TPSA) is 49.3 Å². The molecular formula is C16H21NO2. The molecule has 1 amide bonds. The van der Waals surface area contributed by atoms with Crippen molar-refractivity contribution in [2.45, 2.75) is 31.7 Å². The van der Waals surface area contributed by atoms with Crippen LogP contribution < -0.4 is 5.32 Å². The summed E-state index contributed by atoms with van der Waals surface area (Å²) in [6.07, 6.45) is 4.41. The first-order valence-electron chi connectivity index (χ1n) is 7.24. The average molecular weight is 259 g/mol. The average Bonchev–Trinajstić information content (AvgIpc) is 2.93. The van der Waals surface area contributed by atoms with Gasteiger partial charge in [0.1, 0.15) is 0 Å². The van der Waals surface area contributed by atoms with E-state index in [1.165, 1.54) is 19.3 Å². The van der Waals surface area contributed by atoms with Crippen molar-refractivity contribution in [2.75, 3.05) is 6.61 Å². The van der Waals surface area contributed by atoms with Crippen molar-refractivity contribution in [3.8, 4) is 0 Å². The molecule has 3 nitrogen and oxygen atoms in total. The highest BCUT2D eigenvalue weighted by atomic mass is 16.3. The first-order chi connectivity index (χ1) is 9.29. The van der Waals surface area contributed by atoms with E-state index >= 15 is 0 Å². The fraction of sp³-hybridized carbons (Fsp3) is 0.562. The van der Waals surface area contributed by atoms with Crippen LogP contribution in [0.5, 0.6) is 0 Å². The van der Waals surface area contributed by atoms with E-state index in [9.17, 15) is 9.90 Å². The number of fused-ring (bicyclic) bond motifs is 1. The molecule has 3 unspecified atom stereocenters. The van der Waals surface area contributed by atoms with Gasteiger partial charge in [-0.2, -0.15) is 0 Å². The van der Waals surface area contributed by atoms with E-state index in [1.54, 1.807) is 0 Å². The number of hydrogen-bond donors (Lipinski definition) is 2. The Hall–Kier alpha value is -1.35. The Labute approximate surface area is 114 Å². The number of rotatable bonds is 5. The molecule has 0 heterocycles. The van der Waals surface area contributed by atoms with Gasteiger partial charge < -0.3 is 10.4 Å². The minimum absolute atomic E-state index is 0.00267. The molecule has 3 rings (SSSR count). The first-order valence-corrected chi connectivity index (χ1v) is 7.24. The molecule has 19 heavy (non-hydrogen) atoms. The van der Waals surface area contributed by atoms with Crippen molar-refractivity contribution < 1.29 is 9.90 Å². The van der Waals surface area contributed by atoms with Gasteiger partial charge in [-0.25, -0.2) is 0 Å². The smallest absolute Gasteiger partial charge is 0.223 e. The highest BCUT2D eigenvalue weighted by molar-refractivity contribution is 5.82. The molecule has 3 atom stereocenters. The van der Waals surface area contributed by atoms with Crippen LogP contribution in [0.3, 0.4) is 0 Å². The van der Waals surface area contributed by atoms with E-state index in [1.807, 2.05) is 30.3 Å². The number of carbonyl (C=O) groups is 1. The zero-order valence-electron chi connectivity index (χ0n) is 11.1. The third-order valence-corrected chi connectivity index (χ3v) is 4.60. The van der Waals surface area contributed by atoms with E-state index < -0.39 is 0 Å². The Morgan fingerprint density at radius 2 is 1.95 bits per heavy atom. The van der Waals surface area contributed by atoms with Crippen LogP contribution in [0.15, 0.2) is 30.3 Å². The maximum absolute atomic E-state index is 12.2.